The van der Waals surface area contributed by atoms with Crippen molar-refractivity contribution in [2.24, 2.45) is 0 Å². The Labute approximate surface area is 64.2 Å². The predicted octanol–water partition coefficient (Wildman–Crippen LogP) is -0.674. The van der Waals surface area contributed by atoms with Crippen molar-refractivity contribution in [1.29, 1.82) is 0 Å². The Morgan fingerprint density at radius 1 is 1.64 bits per heavy atom. The first kappa shape index (κ1) is 7.06. The maximum absolute atomic E-state index is 10.8. The second-order valence-corrected chi connectivity index (χ2v) is 3.45. The summed E-state index contributed by atoms with van der Waals surface area (Å²) in [6, 6.07) is 0.0195. The van der Waals surface area contributed by atoms with Crippen LogP contribution in [0.3, 0.4) is 0 Å². The summed E-state index contributed by atoms with van der Waals surface area (Å²) in [5.41, 5.74) is -0.802. The summed E-state index contributed by atoms with van der Waals surface area (Å²) in [6.45, 7) is 0. The number of nitrogens with one attached hydrogen (secondary N) is 1. The van der Waals surface area contributed by atoms with Gasteiger partial charge in [0.25, 0.3) is 0 Å². The van der Waals surface area contributed by atoms with Gasteiger partial charge in [0.2, 0.25) is 0 Å². The fraction of sp³-hybridized carbons (Fsp3) is 0.857. The van der Waals surface area contributed by atoms with E-state index in [9.17, 15) is 9.90 Å². The number of rotatable bonds is 1. The van der Waals surface area contributed by atoms with Gasteiger partial charge in [-0.1, -0.05) is 0 Å². The van der Waals surface area contributed by atoms with Crippen LogP contribution in [0.1, 0.15) is 19.3 Å². The molecular weight excluding hydrogens is 146 g/mol. The highest BCUT2D eigenvalue weighted by Gasteiger charge is 2.54. The SMILES string of the molecule is O=C(O)[C@@]12CC[C@H](N1)[C@@H](O)C2. The van der Waals surface area contributed by atoms with Gasteiger partial charge in [-0.05, 0) is 12.8 Å². The number of carbonyl (C=O) groups is 1. The number of aliphatic carboxylic acids is 1. The summed E-state index contributed by atoms with van der Waals surface area (Å²) in [6.07, 6.45) is 1.35. The molecule has 0 aromatic carbocycles. The van der Waals surface area contributed by atoms with Crippen molar-refractivity contribution in [3.63, 3.8) is 0 Å². The zero-order chi connectivity index (χ0) is 8.06. The molecule has 0 saturated carbocycles. The summed E-state index contributed by atoms with van der Waals surface area (Å²) in [4.78, 5) is 10.8. The molecule has 4 nitrogen and oxygen atoms in total. The number of hydrogen-bond acceptors (Lipinski definition) is 3. The zero-order valence-electron chi connectivity index (χ0n) is 6.08. The first-order valence-corrected chi connectivity index (χ1v) is 3.83. The van der Waals surface area contributed by atoms with Crippen molar-refractivity contribution in [2.75, 3.05) is 0 Å². The summed E-state index contributed by atoms with van der Waals surface area (Å²) < 4.78 is 0. The third-order valence-corrected chi connectivity index (χ3v) is 2.78. The molecule has 0 unspecified atom stereocenters. The Bertz CT molecular complexity index is 202. The average Bonchev–Trinajstić information content (AvgIpc) is 2.44. The van der Waals surface area contributed by atoms with Crippen molar-refractivity contribution < 1.29 is 15.0 Å². The second kappa shape index (κ2) is 1.95. The molecule has 2 fully saturated rings. The largest absolute Gasteiger partial charge is 0.480 e. The number of carboxylic acid groups (broad SMARTS) is 1. The van der Waals surface area contributed by atoms with Crippen LogP contribution in [0.25, 0.3) is 0 Å². The van der Waals surface area contributed by atoms with Crippen LogP contribution in [0.5, 0.6) is 0 Å². The van der Waals surface area contributed by atoms with Gasteiger partial charge < -0.3 is 10.2 Å². The molecule has 2 aliphatic heterocycles. The molecule has 0 spiro atoms. The molecule has 0 aromatic rings. The van der Waals surface area contributed by atoms with Gasteiger partial charge >= 0.3 is 5.97 Å². The monoisotopic (exact) mass is 157 g/mol. The van der Waals surface area contributed by atoms with Crippen LogP contribution in [-0.2, 0) is 4.79 Å². The topological polar surface area (TPSA) is 69.6 Å². The molecule has 2 bridgehead atoms. The van der Waals surface area contributed by atoms with Gasteiger partial charge in [-0.15, -0.1) is 0 Å². The van der Waals surface area contributed by atoms with Gasteiger partial charge in [0.1, 0.15) is 5.54 Å². The van der Waals surface area contributed by atoms with Crippen LogP contribution in [0.15, 0.2) is 0 Å². The quantitative estimate of drug-likeness (QED) is 0.472. The van der Waals surface area contributed by atoms with E-state index in [4.69, 9.17) is 5.11 Å². The number of aliphatic hydroxyl groups is 1. The Kier molecular flexibility index (Phi) is 1.25. The minimum atomic E-state index is -0.823. The van der Waals surface area contributed by atoms with Crippen LogP contribution in [0.4, 0.5) is 0 Å². The van der Waals surface area contributed by atoms with Gasteiger partial charge in [-0.3, -0.25) is 10.1 Å². The lowest BCUT2D eigenvalue weighted by Gasteiger charge is -2.21. The fourth-order valence-corrected chi connectivity index (χ4v) is 2.11. The molecule has 3 atom stereocenters. The molecule has 3 N–H and O–H groups in total. The summed E-state index contributed by atoms with van der Waals surface area (Å²) >= 11 is 0. The molecule has 0 radical (unpaired) electrons. The molecule has 0 amide bonds. The van der Waals surface area contributed by atoms with Crippen molar-refractivity contribution in [3.8, 4) is 0 Å². The Morgan fingerprint density at radius 2 is 2.36 bits per heavy atom. The lowest BCUT2D eigenvalue weighted by Crippen LogP contribution is -2.44. The van der Waals surface area contributed by atoms with E-state index < -0.39 is 17.6 Å². The van der Waals surface area contributed by atoms with Crippen LogP contribution < -0.4 is 5.32 Å². The van der Waals surface area contributed by atoms with Crippen LogP contribution in [-0.4, -0.2) is 33.9 Å². The van der Waals surface area contributed by atoms with E-state index in [1.165, 1.54) is 0 Å². The minimum absolute atomic E-state index is 0.0195. The predicted molar refractivity (Wildman–Crippen MR) is 37.1 cm³/mol. The first-order chi connectivity index (χ1) is 5.14. The Balaban J connectivity index is 2.23. The van der Waals surface area contributed by atoms with Crippen molar-refractivity contribution in [3.05, 3.63) is 0 Å². The molecule has 2 rings (SSSR count). The van der Waals surface area contributed by atoms with Gasteiger partial charge in [0.15, 0.2) is 0 Å². The van der Waals surface area contributed by atoms with Crippen LogP contribution >= 0.6 is 0 Å². The zero-order valence-corrected chi connectivity index (χ0v) is 6.08. The standard InChI is InChI=1S/C7H11NO3/c9-5-3-7(6(10)11)2-1-4(5)8-7/h4-5,8-9H,1-3H2,(H,10,11)/t4-,5-,7-/m0/s1. The molecule has 2 heterocycles. The molecule has 0 aromatic heterocycles. The Morgan fingerprint density at radius 3 is 2.64 bits per heavy atom. The van der Waals surface area contributed by atoms with Crippen molar-refractivity contribution in [2.45, 2.75) is 36.9 Å². The molecule has 4 heteroatoms. The van der Waals surface area contributed by atoms with E-state index in [1.54, 1.807) is 0 Å². The van der Waals surface area contributed by atoms with Gasteiger partial charge in [0, 0.05) is 12.5 Å². The second-order valence-electron chi connectivity index (χ2n) is 3.45. The molecule has 2 aliphatic rings. The summed E-state index contributed by atoms with van der Waals surface area (Å²) in [5, 5.41) is 21.1. The lowest BCUT2D eigenvalue weighted by molar-refractivity contribution is -0.144. The van der Waals surface area contributed by atoms with Crippen LogP contribution in [0, 0.1) is 0 Å². The average molecular weight is 157 g/mol. The minimum Gasteiger partial charge on any atom is -0.480 e. The number of aliphatic hydroxyl groups excluding tert-OH is 1. The highest BCUT2D eigenvalue weighted by atomic mass is 16.4. The van der Waals surface area contributed by atoms with E-state index in [0.717, 1.165) is 6.42 Å². The van der Waals surface area contributed by atoms with E-state index in [0.29, 0.717) is 12.8 Å². The highest BCUT2D eigenvalue weighted by Crippen LogP contribution is 2.37. The molecule has 62 valence electrons. The first-order valence-electron chi connectivity index (χ1n) is 3.83. The van der Waals surface area contributed by atoms with Crippen LogP contribution in [0.2, 0.25) is 0 Å². The van der Waals surface area contributed by atoms with Gasteiger partial charge in [-0.2, -0.15) is 0 Å². The fourth-order valence-electron chi connectivity index (χ4n) is 2.11. The lowest BCUT2D eigenvalue weighted by atomic mass is 9.86. The highest BCUT2D eigenvalue weighted by molar-refractivity contribution is 5.80. The number of hydrogen-bond donors (Lipinski definition) is 3. The normalized spacial score (nSPS) is 48.1. The molecule has 2 saturated heterocycles. The molecular formula is C7H11NO3. The van der Waals surface area contributed by atoms with Gasteiger partial charge in [0.05, 0.1) is 6.10 Å². The van der Waals surface area contributed by atoms with E-state index in [-0.39, 0.29) is 6.04 Å². The van der Waals surface area contributed by atoms with E-state index in [1.807, 2.05) is 0 Å². The maximum Gasteiger partial charge on any atom is 0.324 e. The summed E-state index contributed by atoms with van der Waals surface area (Å²) in [7, 11) is 0. The van der Waals surface area contributed by atoms with Crippen molar-refractivity contribution >= 4 is 5.97 Å². The molecule has 11 heavy (non-hydrogen) atoms. The summed E-state index contributed by atoms with van der Waals surface area (Å²) in [5.74, 6) is -0.823. The smallest absolute Gasteiger partial charge is 0.324 e. The van der Waals surface area contributed by atoms with Crippen molar-refractivity contribution in [1.82, 2.24) is 5.32 Å². The van der Waals surface area contributed by atoms with E-state index >= 15 is 0 Å². The third kappa shape index (κ3) is 0.795. The third-order valence-electron chi connectivity index (χ3n) is 2.78. The number of fused-ring (bicyclic) bond motifs is 2. The van der Waals surface area contributed by atoms with Gasteiger partial charge in [-0.25, -0.2) is 0 Å². The maximum atomic E-state index is 10.8. The molecule has 0 aliphatic carbocycles. The Hall–Kier alpha value is -0.610. The van der Waals surface area contributed by atoms with E-state index in [2.05, 4.69) is 5.32 Å². The number of carboxylic acids is 1.